The third kappa shape index (κ3) is 5.77. The van der Waals surface area contributed by atoms with Crippen LogP contribution in [0.3, 0.4) is 0 Å². The Morgan fingerprint density at radius 1 is 1.29 bits per heavy atom. The van der Waals surface area contributed by atoms with Crippen molar-refractivity contribution in [2.75, 3.05) is 13.7 Å². The van der Waals surface area contributed by atoms with Crippen LogP contribution < -0.4 is 9.47 Å². The van der Waals surface area contributed by atoms with E-state index in [1.165, 1.54) is 13.2 Å². The minimum atomic E-state index is -0.670. The van der Waals surface area contributed by atoms with Crippen molar-refractivity contribution in [3.8, 4) is 17.6 Å². The molecule has 0 amide bonds. The lowest BCUT2D eigenvalue weighted by Gasteiger charge is -2.14. The van der Waals surface area contributed by atoms with E-state index in [0.29, 0.717) is 27.1 Å². The fourth-order valence-corrected chi connectivity index (χ4v) is 3.51. The summed E-state index contributed by atoms with van der Waals surface area (Å²) in [7, 11) is 1.51. The number of benzene rings is 2. The van der Waals surface area contributed by atoms with Gasteiger partial charge in [0.05, 0.1) is 17.3 Å². The van der Waals surface area contributed by atoms with Crippen LogP contribution in [0.15, 0.2) is 35.9 Å². The molecule has 0 aromatic heterocycles. The summed E-state index contributed by atoms with van der Waals surface area (Å²) in [5, 5.41) is 10.2. The van der Waals surface area contributed by atoms with E-state index in [1.54, 1.807) is 37.3 Å². The highest BCUT2D eigenvalue weighted by molar-refractivity contribution is 14.1. The molecule has 0 aliphatic carbocycles. The Kier molecular flexibility index (Phi) is 8.42. The number of esters is 1. The molecule has 2 aromatic carbocycles. The lowest BCUT2D eigenvalue weighted by Crippen LogP contribution is -2.06. The van der Waals surface area contributed by atoms with Gasteiger partial charge in [0.1, 0.15) is 18.2 Å². The third-order valence-corrected chi connectivity index (χ3v) is 4.95. The van der Waals surface area contributed by atoms with Gasteiger partial charge < -0.3 is 14.2 Å². The number of carbonyl (C=O) groups is 1. The number of ether oxygens (including phenoxy) is 3. The molecular formula is C20H16Cl2INO4. The van der Waals surface area contributed by atoms with Crippen LogP contribution in [0, 0.1) is 14.9 Å². The van der Waals surface area contributed by atoms with Gasteiger partial charge in [-0.3, -0.25) is 0 Å². The van der Waals surface area contributed by atoms with Crippen molar-refractivity contribution in [1.29, 1.82) is 5.26 Å². The van der Waals surface area contributed by atoms with Gasteiger partial charge in [-0.05, 0) is 65.4 Å². The van der Waals surface area contributed by atoms with E-state index in [0.717, 1.165) is 9.13 Å². The molecule has 0 N–H and O–H groups in total. The quantitative estimate of drug-likeness (QED) is 0.200. The van der Waals surface area contributed by atoms with Crippen LogP contribution >= 0.6 is 45.8 Å². The van der Waals surface area contributed by atoms with Gasteiger partial charge in [-0.15, -0.1) is 0 Å². The fourth-order valence-electron chi connectivity index (χ4n) is 2.26. The van der Waals surface area contributed by atoms with E-state index in [4.69, 9.17) is 37.4 Å². The Balaban J connectivity index is 2.30. The first-order valence-electron chi connectivity index (χ1n) is 8.12. The lowest BCUT2D eigenvalue weighted by atomic mass is 10.1. The summed E-state index contributed by atoms with van der Waals surface area (Å²) in [4.78, 5) is 11.8. The van der Waals surface area contributed by atoms with Gasteiger partial charge in [0.25, 0.3) is 0 Å². The molecule has 0 bridgehead atoms. The second-order valence-electron chi connectivity index (χ2n) is 5.45. The summed E-state index contributed by atoms with van der Waals surface area (Å²) < 4.78 is 16.9. The number of hydrogen-bond donors (Lipinski definition) is 0. The number of nitrogens with zero attached hydrogens (tertiary/aromatic N) is 1. The molecule has 0 aliphatic heterocycles. The molecule has 0 unspecified atom stereocenters. The third-order valence-electron chi connectivity index (χ3n) is 3.57. The van der Waals surface area contributed by atoms with Crippen LogP contribution in [0.1, 0.15) is 18.1 Å². The highest BCUT2D eigenvalue weighted by Gasteiger charge is 2.15. The lowest BCUT2D eigenvalue weighted by molar-refractivity contribution is -0.137. The SMILES string of the molecule is CCOC(=O)/C(C#N)=C\c1cc(I)c(OCc2ccc(Cl)cc2Cl)c(OC)c1. The first-order chi connectivity index (χ1) is 13.4. The molecule has 5 nitrogen and oxygen atoms in total. The highest BCUT2D eigenvalue weighted by atomic mass is 127. The molecule has 28 heavy (non-hydrogen) atoms. The summed E-state index contributed by atoms with van der Waals surface area (Å²) in [6.45, 7) is 2.10. The predicted octanol–water partition coefficient (Wildman–Crippen LogP) is 5.66. The number of carbonyl (C=O) groups excluding carboxylic acids is 1. The summed E-state index contributed by atoms with van der Waals surface area (Å²) in [5.74, 6) is 0.321. The first kappa shape index (κ1) is 22.3. The number of halogens is 3. The summed E-state index contributed by atoms with van der Waals surface area (Å²) in [5.41, 5.74) is 1.30. The van der Waals surface area contributed by atoms with Gasteiger partial charge in [-0.2, -0.15) is 5.26 Å². The zero-order valence-corrected chi connectivity index (χ0v) is 18.8. The summed E-state index contributed by atoms with van der Waals surface area (Å²) in [6, 6.07) is 10.5. The monoisotopic (exact) mass is 531 g/mol. The average molecular weight is 532 g/mol. The highest BCUT2D eigenvalue weighted by Crippen LogP contribution is 2.35. The largest absolute Gasteiger partial charge is 0.493 e. The van der Waals surface area contributed by atoms with E-state index in [9.17, 15) is 10.1 Å². The molecule has 2 aromatic rings. The number of methoxy groups -OCH3 is 1. The van der Waals surface area contributed by atoms with Crippen LogP contribution in [0.5, 0.6) is 11.5 Å². The molecule has 146 valence electrons. The average Bonchev–Trinajstić information content (AvgIpc) is 2.66. The maximum absolute atomic E-state index is 11.8. The normalized spacial score (nSPS) is 10.9. The van der Waals surface area contributed by atoms with Crippen molar-refractivity contribution in [3.05, 3.63) is 60.6 Å². The van der Waals surface area contributed by atoms with E-state index in [2.05, 4.69) is 22.6 Å². The van der Waals surface area contributed by atoms with E-state index in [1.807, 2.05) is 6.07 Å². The van der Waals surface area contributed by atoms with E-state index in [-0.39, 0.29) is 18.8 Å². The predicted molar refractivity (Wildman–Crippen MR) is 117 cm³/mol. The molecule has 0 atom stereocenters. The standard InChI is InChI=1S/C20H16Cl2INO4/c1-3-27-20(25)14(10-24)6-12-7-17(23)19(18(8-12)26-2)28-11-13-4-5-15(21)9-16(13)22/h4-9H,3,11H2,1-2H3/b14-6-. The Morgan fingerprint density at radius 3 is 2.64 bits per heavy atom. The van der Waals surface area contributed by atoms with Crippen molar-refractivity contribution in [3.63, 3.8) is 0 Å². The zero-order chi connectivity index (χ0) is 20.7. The minimum absolute atomic E-state index is 0.0960. The van der Waals surface area contributed by atoms with E-state index >= 15 is 0 Å². The first-order valence-corrected chi connectivity index (χ1v) is 9.96. The number of hydrogen-bond acceptors (Lipinski definition) is 5. The second-order valence-corrected chi connectivity index (χ2v) is 7.45. The van der Waals surface area contributed by atoms with Crippen molar-refractivity contribution < 1.29 is 19.0 Å². The van der Waals surface area contributed by atoms with Crippen molar-refractivity contribution in [2.24, 2.45) is 0 Å². The molecule has 0 fully saturated rings. The molecule has 0 saturated carbocycles. The van der Waals surface area contributed by atoms with Crippen LogP contribution in [0.4, 0.5) is 0 Å². The second kappa shape index (κ2) is 10.6. The smallest absolute Gasteiger partial charge is 0.348 e. The van der Waals surface area contributed by atoms with Gasteiger partial charge in [-0.1, -0.05) is 29.3 Å². The molecule has 0 spiro atoms. The maximum atomic E-state index is 11.8. The van der Waals surface area contributed by atoms with Crippen LogP contribution in [0.2, 0.25) is 10.0 Å². The summed E-state index contributed by atoms with van der Waals surface area (Å²) in [6.07, 6.45) is 1.45. The van der Waals surface area contributed by atoms with Gasteiger partial charge >= 0.3 is 5.97 Å². The Bertz CT molecular complexity index is 954. The fraction of sp³-hybridized carbons (Fsp3) is 0.200. The number of nitriles is 1. The molecule has 0 radical (unpaired) electrons. The Hall–Kier alpha value is -1.95. The molecule has 2 rings (SSSR count). The van der Waals surface area contributed by atoms with Gasteiger partial charge in [0.15, 0.2) is 11.5 Å². The molecule has 0 aliphatic rings. The van der Waals surface area contributed by atoms with E-state index < -0.39 is 5.97 Å². The topological polar surface area (TPSA) is 68.6 Å². The van der Waals surface area contributed by atoms with Crippen molar-refractivity contribution >= 4 is 57.8 Å². The zero-order valence-electron chi connectivity index (χ0n) is 15.1. The molecule has 8 heteroatoms. The Morgan fingerprint density at radius 2 is 2.04 bits per heavy atom. The van der Waals surface area contributed by atoms with Crippen LogP contribution in [-0.4, -0.2) is 19.7 Å². The Labute approximate surface area is 186 Å². The van der Waals surface area contributed by atoms with Gasteiger partial charge in [0, 0.05) is 15.6 Å². The molecule has 0 saturated heterocycles. The van der Waals surface area contributed by atoms with Gasteiger partial charge in [0.2, 0.25) is 0 Å². The number of rotatable bonds is 7. The van der Waals surface area contributed by atoms with Crippen molar-refractivity contribution in [1.82, 2.24) is 0 Å². The van der Waals surface area contributed by atoms with Crippen molar-refractivity contribution in [2.45, 2.75) is 13.5 Å². The van der Waals surface area contributed by atoms with Crippen LogP contribution in [0.25, 0.3) is 6.08 Å². The molecular weight excluding hydrogens is 516 g/mol. The molecule has 0 heterocycles. The van der Waals surface area contributed by atoms with Crippen LogP contribution in [-0.2, 0) is 16.1 Å². The minimum Gasteiger partial charge on any atom is -0.493 e. The van der Waals surface area contributed by atoms with Gasteiger partial charge in [-0.25, -0.2) is 4.79 Å². The summed E-state index contributed by atoms with van der Waals surface area (Å²) >= 11 is 14.2. The maximum Gasteiger partial charge on any atom is 0.348 e.